The summed E-state index contributed by atoms with van der Waals surface area (Å²) < 4.78 is 73.4. The lowest BCUT2D eigenvalue weighted by Crippen LogP contribution is -2.46. The maximum atomic E-state index is 15.6. The van der Waals surface area contributed by atoms with Crippen molar-refractivity contribution in [1.82, 2.24) is 0 Å². The molecule has 0 fully saturated rings. The van der Waals surface area contributed by atoms with E-state index < -0.39 is 26.0 Å². The fraction of sp³-hybridized carbons (Fsp3) is 0.0909. The van der Waals surface area contributed by atoms with Crippen LogP contribution in [0, 0.1) is 13.8 Å². The minimum atomic E-state index is -4.62. The lowest BCUT2D eigenvalue weighted by atomic mass is 10.1. The number of alkyl halides is 3. The fourth-order valence-electron chi connectivity index (χ4n) is 6.13. The number of aryl methyl sites for hydroxylation is 2. The quantitative estimate of drug-likeness (QED) is 0.212. The van der Waals surface area contributed by atoms with Crippen LogP contribution in [-0.4, -0.2) is 0 Å². The molecule has 0 aromatic heterocycles. The molecule has 0 aliphatic carbocycles. The Morgan fingerprint density at radius 1 is 0.561 bits per heavy atom. The van der Waals surface area contributed by atoms with Crippen molar-refractivity contribution < 1.29 is 22.3 Å². The Labute approximate surface area is 236 Å². The SMILES string of the molecule is Cc1ccc2c(c1)P(=O)(c1ccccc1)c1cc(C)cc3c1N2c1ccc(C(F)(F)F)cc1P3(=O)c1ccccc1. The van der Waals surface area contributed by atoms with Crippen LogP contribution < -0.4 is 36.7 Å². The van der Waals surface area contributed by atoms with Crippen LogP contribution in [0.25, 0.3) is 0 Å². The highest BCUT2D eigenvalue weighted by atomic mass is 31.2. The minimum Gasteiger partial charge on any atom is -0.308 e. The molecule has 0 amide bonds. The van der Waals surface area contributed by atoms with E-state index in [0.717, 1.165) is 23.3 Å². The predicted molar refractivity (Wildman–Crippen MR) is 162 cm³/mol. The first-order valence-corrected chi connectivity index (χ1v) is 16.6. The highest BCUT2D eigenvalue weighted by molar-refractivity contribution is 7.88. The number of hydrogen-bond donors (Lipinski definition) is 0. The van der Waals surface area contributed by atoms with Gasteiger partial charge in [-0.3, -0.25) is 0 Å². The molecular weight excluding hydrogens is 561 g/mol. The average molecular weight is 586 g/mol. The van der Waals surface area contributed by atoms with E-state index in [4.69, 9.17) is 0 Å². The van der Waals surface area contributed by atoms with Crippen LogP contribution in [0.1, 0.15) is 16.7 Å². The van der Waals surface area contributed by atoms with Crippen molar-refractivity contribution >= 4 is 63.2 Å². The molecule has 0 saturated carbocycles. The van der Waals surface area contributed by atoms with Gasteiger partial charge in [0.05, 0.1) is 22.6 Å². The molecule has 204 valence electrons. The third kappa shape index (κ3) is 3.60. The summed E-state index contributed by atoms with van der Waals surface area (Å²) in [5, 5.41) is 2.73. The maximum absolute atomic E-state index is 15.6. The van der Waals surface area contributed by atoms with E-state index in [2.05, 4.69) is 0 Å². The van der Waals surface area contributed by atoms with Crippen molar-refractivity contribution in [1.29, 1.82) is 0 Å². The number of benzene rings is 5. The van der Waals surface area contributed by atoms with Gasteiger partial charge in [0, 0.05) is 31.8 Å². The number of nitrogens with zero attached hydrogens (tertiary/aromatic N) is 1. The zero-order chi connectivity index (χ0) is 28.7. The molecule has 0 saturated heterocycles. The topological polar surface area (TPSA) is 37.4 Å². The second-order valence-corrected chi connectivity index (χ2v) is 16.0. The molecule has 0 radical (unpaired) electrons. The van der Waals surface area contributed by atoms with Gasteiger partial charge < -0.3 is 14.0 Å². The summed E-state index contributed by atoms with van der Waals surface area (Å²) in [5.41, 5.74) is 2.32. The van der Waals surface area contributed by atoms with Gasteiger partial charge in [-0.05, 0) is 61.9 Å². The molecule has 0 N–H and O–H groups in total. The van der Waals surface area contributed by atoms with Gasteiger partial charge in [-0.15, -0.1) is 0 Å². The van der Waals surface area contributed by atoms with Gasteiger partial charge in [0.2, 0.25) is 0 Å². The van der Waals surface area contributed by atoms with Crippen molar-refractivity contribution in [2.45, 2.75) is 20.0 Å². The number of fused-ring (bicyclic) bond motifs is 4. The van der Waals surface area contributed by atoms with Crippen molar-refractivity contribution in [2.24, 2.45) is 0 Å². The van der Waals surface area contributed by atoms with Gasteiger partial charge >= 0.3 is 6.18 Å². The normalized spacial score (nSPS) is 20.7. The Kier molecular flexibility index (Phi) is 5.61. The van der Waals surface area contributed by atoms with Crippen LogP contribution in [0.2, 0.25) is 0 Å². The van der Waals surface area contributed by atoms with Gasteiger partial charge in [-0.1, -0.05) is 72.3 Å². The average Bonchev–Trinajstić information content (AvgIpc) is 2.97. The van der Waals surface area contributed by atoms with E-state index in [1.165, 1.54) is 6.07 Å². The van der Waals surface area contributed by atoms with Gasteiger partial charge in [0.15, 0.2) is 14.3 Å². The van der Waals surface area contributed by atoms with Crippen LogP contribution in [0.4, 0.5) is 30.2 Å². The Morgan fingerprint density at radius 2 is 1.02 bits per heavy atom. The van der Waals surface area contributed by atoms with E-state index in [0.29, 0.717) is 43.6 Å². The van der Waals surface area contributed by atoms with Crippen molar-refractivity contribution in [3.8, 4) is 0 Å². The monoisotopic (exact) mass is 585 g/mol. The molecule has 5 aromatic carbocycles. The second-order valence-electron chi connectivity index (χ2n) is 10.6. The lowest BCUT2D eigenvalue weighted by Gasteiger charge is -2.44. The van der Waals surface area contributed by atoms with E-state index >= 15 is 9.13 Å². The second kappa shape index (κ2) is 8.82. The first kappa shape index (κ1) is 26.1. The highest BCUT2D eigenvalue weighted by Crippen LogP contribution is 2.60. The fourth-order valence-corrected chi connectivity index (χ4v) is 12.5. The highest BCUT2D eigenvalue weighted by Gasteiger charge is 2.50. The first-order chi connectivity index (χ1) is 19.5. The molecule has 0 spiro atoms. The molecule has 2 aliphatic rings. The summed E-state index contributed by atoms with van der Waals surface area (Å²) in [5.74, 6) is 0. The zero-order valence-electron chi connectivity index (χ0n) is 22.2. The summed E-state index contributed by atoms with van der Waals surface area (Å²) in [6.07, 6.45) is -4.62. The summed E-state index contributed by atoms with van der Waals surface area (Å²) in [4.78, 5) is 1.87. The minimum absolute atomic E-state index is 0.116. The Balaban J connectivity index is 1.68. The van der Waals surface area contributed by atoms with Crippen LogP contribution in [0.5, 0.6) is 0 Å². The molecule has 5 aromatic rings. The van der Waals surface area contributed by atoms with Crippen LogP contribution >= 0.6 is 14.3 Å². The zero-order valence-corrected chi connectivity index (χ0v) is 24.0. The predicted octanol–water partition coefficient (Wildman–Crippen LogP) is 6.70. The van der Waals surface area contributed by atoms with Crippen LogP contribution in [0.3, 0.4) is 0 Å². The smallest absolute Gasteiger partial charge is 0.308 e. The standard InChI is InChI=1S/C33H24F3NO2P2/c1-21-13-15-26-28(17-21)40(38,24-9-5-3-6-10-24)30-18-22(2)19-31-32(30)37(26)27-16-14-23(33(34,35)36)20-29(27)41(31,39)25-11-7-4-8-12-25/h3-20H,1-2H3. The van der Waals surface area contributed by atoms with E-state index in [9.17, 15) is 13.2 Å². The summed E-state index contributed by atoms with van der Waals surface area (Å²) in [6, 6.07) is 30.8. The lowest BCUT2D eigenvalue weighted by molar-refractivity contribution is -0.137. The summed E-state index contributed by atoms with van der Waals surface area (Å²) in [7, 11) is -7.33. The third-order valence-corrected chi connectivity index (χ3v) is 14.1. The van der Waals surface area contributed by atoms with E-state index in [1.54, 1.807) is 36.4 Å². The van der Waals surface area contributed by atoms with E-state index in [1.807, 2.05) is 73.3 Å². The van der Waals surface area contributed by atoms with E-state index in [-0.39, 0.29) is 5.30 Å². The molecule has 2 unspecified atom stereocenters. The number of anilines is 3. The number of hydrogen-bond acceptors (Lipinski definition) is 3. The van der Waals surface area contributed by atoms with Crippen molar-refractivity contribution in [2.75, 3.05) is 4.90 Å². The van der Waals surface area contributed by atoms with Crippen molar-refractivity contribution in [3.63, 3.8) is 0 Å². The number of rotatable bonds is 2. The van der Waals surface area contributed by atoms with Crippen molar-refractivity contribution in [3.05, 3.63) is 126 Å². The Morgan fingerprint density at radius 3 is 1.54 bits per heavy atom. The van der Waals surface area contributed by atoms with Gasteiger partial charge in [-0.2, -0.15) is 13.2 Å². The first-order valence-electron chi connectivity index (χ1n) is 13.1. The largest absolute Gasteiger partial charge is 0.416 e. The molecular formula is C33H24F3NO2P2. The third-order valence-electron chi connectivity index (χ3n) is 7.95. The summed E-state index contributed by atoms with van der Waals surface area (Å²) >= 11 is 0. The van der Waals surface area contributed by atoms with Crippen LogP contribution in [-0.2, 0) is 15.3 Å². The molecule has 2 aliphatic heterocycles. The Hall–Kier alpha value is -3.85. The molecule has 7 rings (SSSR count). The molecule has 41 heavy (non-hydrogen) atoms. The van der Waals surface area contributed by atoms with Gasteiger partial charge in [-0.25, -0.2) is 0 Å². The van der Waals surface area contributed by atoms with Gasteiger partial charge in [0.1, 0.15) is 0 Å². The Bertz CT molecular complexity index is 1970. The van der Waals surface area contributed by atoms with Gasteiger partial charge in [0.25, 0.3) is 0 Å². The number of halogens is 3. The molecule has 2 atom stereocenters. The molecule has 3 nitrogen and oxygen atoms in total. The summed E-state index contributed by atoms with van der Waals surface area (Å²) in [6.45, 7) is 3.77. The molecule has 0 bridgehead atoms. The van der Waals surface area contributed by atoms with Crippen LogP contribution in [0.15, 0.2) is 109 Å². The molecule has 8 heteroatoms. The maximum Gasteiger partial charge on any atom is 0.416 e. The molecule has 2 heterocycles.